The lowest BCUT2D eigenvalue weighted by molar-refractivity contribution is -0.140. The lowest BCUT2D eigenvalue weighted by atomic mass is 10.0. The molecule has 0 saturated carbocycles. The average Bonchev–Trinajstić information content (AvgIpc) is 3.04. The van der Waals surface area contributed by atoms with Crippen LogP contribution in [0.3, 0.4) is 0 Å². The molecule has 4 aromatic carbocycles. The molecule has 0 saturated heterocycles. The number of benzene rings is 4. The number of halogens is 3. The quantitative estimate of drug-likeness (QED) is 0.155. The predicted octanol–water partition coefficient (Wildman–Crippen LogP) is 7.71. The van der Waals surface area contributed by atoms with Crippen LogP contribution in [0.15, 0.2) is 102 Å². The zero-order chi connectivity index (χ0) is 33.4. The molecule has 0 aliphatic rings. The molecule has 0 aromatic heterocycles. The lowest BCUT2D eigenvalue weighted by Gasteiger charge is -2.34. The van der Waals surface area contributed by atoms with E-state index in [1.807, 2.05) is 51.1 Å². The first-order valence-corrected chi connectivity index (χ1v) is 17.4. The second-order valence-electron chi connectivity index (χ2n) is 11.0. The van der Waals surface area contributed by atoms with Crippen molar-refractivity contribution >= 4 is 62.3 Å². The fourth-order valence-electron chi connectivity index (χ4n) is 4.84. The van der Waals surface area contributed by atoms with Crippen molar-refractivity contribution in [3.05, 3.63) is 129 Å². The van der Waals surface area contributed by atoms with Gasteiger partial charge in [-0.15, -0.1) is 0 Å². The Morgan fingerprint density at radius 3 is 2.11 bits per heavy atom. The third-order valence-electron chi connectivity index (χ3n) is 7.66. The maximum Gasteiger partial charge on any atom is 0.264 e. The normalized spacial score (nSPS) is 12.7. The highest BCUT2D eigenvalue weighted by molar-refractivity contribution is 7.92. The van der Waals surface area contributed by atoms with Crippen LogP contribution in [0.2, 0.25) is 15.1 Å². The number of sulfonamides is 1. The number of rotatable bonds is 13. The summed E-state index contributed by atoms with van der Waals surface area (Å²) in [7, 11) is -4.33. The van der Waals surface area contributed by atoms with E-state index >= 15 is 0 Å². The first-order chi connectivity index (χ1) is 21.9. The number of aryl methyl sites for hydroxylation is 1. The van der Waals surface area contributed by atoms with Gasteiger partial charge in [0.2, 0.25) is 11.8 Å². The van der Waals surface area contributed by atoms with Crippen molar-refractivity contribution in [1.29, 1.82) is 0 Å². The molecular formula is C35H36Cl3N3O4S. The van der Waals surface area contributed by atoms with Crippen molar-refractivity contribution < 1.29 is 18.0 Å². The van der Waals surface area contributed by atoms with Gasteiger partial charge in [-0.3, -0.25) is 13.9 Å². The molecule has 242 valence electrons. The molecule has 0 heterocycles. The van der Waals surface area contributed by atoms with E-state index in [-0.39, 0.29) is 45.5 Å². The second-order valence-corrected chi connectivity index (χ2v) is 14.1. The van der Waals surface area contributed by atoms with E-state index in [9.17, 15) is 18.0 Å². The van der Waals surface area contributed by atoms with Gasteiger partial charge in [-0.1, -0.05) is 114 Å². The third-order valence-corrected chi connectivity index (χ3v) is 10.6. The Morgan fingerprint density at radius 2 is 1.46 bits per heavy atom. The zero-order valence-corrected chi connectivity index (χ0v) is 28.9. The van der Waals surface area contributed by atoms with Gasteiger partial charge in [0.15, 0.2) is 0 Å². The maximum atomic E-state index is 14.6. The van der Waals surface area contributed by atoms with Crippen molar-refractivity contribution in [2.45, 2.75) is 57.1 Å². The molecule has 0 aliphatic heterocycles. The van der Waals surface area contributed by atoms with Crippen LogP contribution in [0.4, 0.5) is 5.69 Å². The lowest BCUT2D eigenvalue weighted by Crippen LogP contribution is -2.54. The molecule has 0 bridgehead atoms. The Kier molecular flexibility index (Phi) is 12.1. The summed E-state index contributed by atoms with van der Waals surface area (Å²) in [5.74, 6) is -1.00. The van der Waals surface area contributed by atoms with Crippen molar-refractivity contribution in [1.82, 2.24) is 10.2 Å². The molecule has 4 rings (SSSR count). The van der Waals surface area contributed by atoms with Crippen LogP contribution in [0, 0.1) is 6.92 Å². The van der Waals surface area contributed by atoms with Crippen molar-refractivity contribution in [2.24, 2.45) is 0 Å². The largest absolute Gasteiger partial charge is 0.352 e. The smallest absolute Gasteiger partial charge is 0.264 e. The number of hydrogen-bond acceptors (Lipinski definition) is 4. The van der Waals surface area contributed by atoms with Crippen LogP contribution < -0.4 is 9.62 Å². The van der Waals surface area contributed by atoms with E-state index in [2.05, 4.69) is 5.32 Å². The molecule has 2 atom stereocenters. The van der Waals surface area contributed by atoms with Gasteiger partial charge in [0, 0.05) is 24.0 Å². The average molecular weight is 701 g/mol. The number of anilines is 1. The number of nitrogens with zero attached hydrogens (tertiary/aromatic N) is 2. The Balaban J connectivity index is 1.85. The van der Waals surface area contributed by atoms with Crippen molar-refractivity contribution in [3.63, 3.8) is 0 Å². The number of nitrogens with one attached hydrogen (secondary N) is 1. The predicted molar refractivity (Wildman–Crippen MR) is 186 cm³/mol. The fourth-order valence-corrected chi connectivity index (χ4v) is 6.91. The summed E-state index contributed by atoms with van der Waals surface area (Å²) in [6, 6.07) is 26.1. The van der Waals surface area contributed by atoms with Crippen molar-refractivity contribution in [2.75, 3.05) is 10.8 Å². The number of amides is 2. The monoisotopic (exact) mass is 699 g/mol. The Morgan fingerprint density at radius 1 is 0.826 bits per heavy atom. The summed E-state index contributed by atoms with van der Waals surface area (Å²) in [5, 5.41) is 3.51. The van der Waals surface area contributed by atoms with Crippen LogP contribution in [-0.4, -0.2) is 43.8 Å². The summed E-state index contributed by atoms with van der Waals surface area (Å²) < 4.78 is 29.4. The molecule has 11 heteroatoms. The molecule has 4 aromatic rings. The van der Waals surface area contributed by atoms with Gasteiger partial charge in [0.1, 0.15) is 12.6 Å². The molecule has 46 heavy (non-hydrogen) atoms. The maximum absolute atomic E-state index is 14.6. The highest BCUT2D eigenvalue weighted by Gasteiger charge is 2.36. The minimum Gasteiger partial charge on any atom is -0.352 e. The van der Waals surface area contributed by atoms with Gasteiger partial charge < -0.3 is 10.2 Å². The molecule has 0 spiro atoms. The van der Waals surface area contributed by atoms with E-state index in [0.29, 0.717) is 17.0 Å². The Labute approximate surface area is 286 Å². The highest BCUT2D eigenvalue weighted by atomic mass is 35.5. The van der Waals surface area contributed by atoms with Crippen molar-refractivity contribution in [3.8, 4) is 0 Å². The molecule has 0 aliphatic carbocycles. The molecule has 7 nitrogen and oxygen atoms in total. The molecule has 0 radical (unpaired) electrons. The standard InChI is InChI=1S/C35H36Cl3N3O4S/c1-4-25(3)39-35(43)32(21-26-11-6-5-7-12-26)40(22-27-13-8-9-14-29(27)36)33(42)23-41(31-16-10-15-30(37)34(31)38)46(44,45)28-19-17-24(2)18-20-28/h5-20,25,32H,4,21-23H2,1-3H3,(H,39,43). The first-order valence-electron chi connectivity index (χ1n) is 14.8. The number of carbonyl (C=O) groups is 2. The van der Waals surface area contributed by atoms with Gasteiger partial charge in [0.25, 0.3) is 10.0 Å². The van der Waals surface area contributed by atoms with Crippen LogP contribution in [0.1, 0.15) is 37.0 Å². The van der Waals surface area contributed by atoms with Gasteiger partial charge in [0.05, 0.1) is 20.6 Å². The van der Waals surface area contributed by atoms with Crippen LogP contribution in [-0.2, 0) is 32.6 Å². The zero-order valence-electron chi connectivity index (χ0n) is 25.8. The van der Waals surface area contributed by atoms with E-state index in [0.717, 1.165) is 15.4 Å². The van der Waals surface area contributed by atoms with E-state index in [4.69, 9.17) is 34.8 Å². The van der Waals surface area contributed by atoms with Crippen LogP contribution in [0.25, 0.3) is 0 Å². The molecular weight excluding hydrogens is 665 g/mol. The number of carbonyl (C=O) groups excluding carboxylic acids is 2. The topological polar surface area (TPSA) is 86.8 Å². The summed E-state index contributed by atoms with van der Waals surface area (Å²) in [4.78, 5) is 29.9. The van der Waals surface area contributed by atoms with E-state index in [1.54, 1.807) is 42.5 Å². The SMILES string of the molecule is CCC(C)NC(=O)C(Cc1ccccc1)N(Cc1ccccc1Cl)C(=O)CN(c1cccc(Cl)c1Cl)S(=O)(=O)c1ccc(C)cc1. The van der Waals surface area contributed by atoms with Gasteiger partial charge in [-0.05, 0) is 61.7 Å². The third kappa shape index (κ3) is 8.62. The summed E-state index contributed by atoms with van der Waals surface area (Å²) in [6.07, 6.45) is 0.861. The van der Waals surface area contributed by atoms with E-state index in [1.165, 1.54) is 29.2 Å². The van der Waals surface area contributed by atoms with Gasteiger partial charge >= 0.3 is 0 Å². The molecule has 1 N–H and O–H groups in total. The van der Waals surface area contributed by atoms with Crippen LogP contribution >= 0.6 is 34.8 Å². The Bertz CT molecular complexity index is 1770. The summed E-state index contributed by atoms with van der Waals surface area (Å²) >= 11 is 19.4. The molecule has 2 unspecified atom stereocenters. The number of hydrogen-bond donors (Lipinski definition) is 1. The first kappa shape index (κ1) is 35.3. The minimum atomic E-state index is -4.33. The summed E-state index contributed by atoms with van der Waals surface area (Å²) in [5.41, 5.74) is 2.32. The van der Waals surface area contributed by atoms with Crippen LogP contribution in [0.5, 0.6) is 0 Å². The summed E-state index contributed by atoms with van der Waals surface area (Å²) in [6.45, 7) is 4.96. The fraction of sp³-hybridized carbons (Fsp3) is 0.257. The highest BCUT2D eigenvalue weighted by Crippen LogP contribution is 2.36. The minimum absolute atomic E-state index is 0.0272. The molecule has 0 fully saturated rings. The Hall–Kier alpha value is -3.56. The van der Waals surface area contributed by atoms with Gasteiger partial charge in [-0.2, -0.15) is 0 Å². The van der Waals surface area contributed by atoms with Gasteiger partial charge in [-0.25, -0.2) is 8.42 Å². The molecule has 2 amide bonds. The second kappa shape index (κ2) is 15.8. The van der Waals surface area contributed by atoms with E-state index < -0.39 is 28.5 Å².